The summed E-state index contributed by atoms with van der Waals surface area (Å²) in [4.78, 5) is 0. The summed E-state index contributed by atoms with van der Waals surface area (Å²) in [7, 11) is 2.05. The van der Waals surface area contributed by atoms with E-state index in [1.807, 2.05) is 7.05 Å². The van der Waals surface area contributed by atoms with Crippen LogP contribution < -0.4 is 10.6 Å². The standard InChI is InChI=1S/C14H22N2/c1-4-11(2)14(9-15-3)10-16-13-8-6-5-7-12(13)14/h5-8,11,15-16H,4,9-10H2,1-3H3/t11-,14?/m0/s1. The first kappa shape index (κ1) is 11.5. The van der Waals surface area contributed by atoms with Crippen molar-refractivity contribution >= 4 is 5.69 Å². The normalized spacial score (nSPS) is 24.9. The van der Waals surface area contributed by atoms with Crippen molar-refractivity contribution in [2.24, 2.45) is 5.92 Å². The van der Waals surface area contributed by atoms with Gasteiger partial charge in [-0.05, 0) is 24.6 Å². The van der Waals surface area contributed by atoms with E-state index < -0.39 is 0 Å². The Hall–Kier alpha value is -1.02. The fourth-order valence-electron chi connectivity index (χ4n) is 2.90. The molecule has 16 heavy (non-hydrogen) atoms. The highest BCUT2D eigenvalue weighted by atomic mass is 15.0. The molecule has 2 nitrogen and oxygen atoms in total. The molecule has 0 saturated heterocycles. The van der Waals surface area contributed by atoms with E-state index in [9.17, 15) is 0 Å². The van der Waals surface area contributed by atoms with Gasteiger partial charge in [0.1, 0.15) is 0 Å². The topological polar surface area (TPSA) is 24.1 Å². The number of benzene rings is 1. The molecule has 1 aliphatic rings. The monoisotopic (exact) mass is 218 g/mol. The lowest BCUT2D eigenvalue weighted by molar-refractivity contribution is 0.298. The molecule has 0 spiro atoms. The van der Waals surface area contributed by atoms with E-state index in [-0.39, 0.29) is 5.41 Å². The lowest BCUT2D eigenvalue weighted by atomic mass is 9.71. The van der Waals surface area contributed by atoms with Crippen molar-refractivity contribution < 1.29 is 0 Å². The number of para-hydroxylation sites is 1. The van der Waals surface area contributed by atoms with Crippen LogP contribution in [0.5, 0.6) is 0 Å². The van der Waals surface area contributed by atoms with Crippen LogP contribution in [0.3, 0.4) is 0 Å². The smallest absolute Gasteiger partial charge is 0.0380 e. The van der Waals surface area contributed by atoms with Gasteiger partial charge in [-0.1, -0.05) is 38.5 Å². The molecule has 0 bridgehead atoms. The molecule has 1 aliphatic heterocycles. The van der Waals surface area contributed by atoms with Crippen LogP contribution >= 0.6 is 0 Å². The molecule has 0 amide bonds. The number of nitrogens with one attached hydrogen (secondary N) is 2. The molecule has 0 aromatic heterocycles. The second-order valence-electron chi connectivity index (χ2n) is 4.89. The predicted molar refractivity (Wildman–Crippen MR) is 70.0 cm³/mol. The molecule has 88 valence electrons. The Kier molecular flexibility index (Phi) is 3.20. The molecule has 2 atom stereocenters. The van der Waals surface area contributed by atoms with Crippen LogP contribution in [0, 0.1) is 5.92 Å². The van der Waals surface area contributed by atoms with Crippen LogP contribution in [0.4, 0.5) is 5.69 Å². The lowest BCUT2D eigenvalue weighted by Gasteiger charge is -2.35. The molecule has 1 aromatic carbocycles. The number of anilines is 1. The molecule has 1 aromatic rings. The summed E-state index contributed by atoms with van der Waals surface area (Å²) < 4.78 is 0. The minimum atomic E-state index is 0.264. The van der Waals surface area contributed by atoms with Crippen molar-refractivity contribution in [1.29, 1.82) is 0 Å². The Labute approximate surface area is 98.4 Å². The Morgan fingerprint density at radius 3 is 2.88 bits per heavy atom. The third-order valence-electron chi connectivity index (χ3n) is 4.11. The maximum Gasteiger partial charge on any atom is 0.0380 e. The van der Waals surface area contributed by atoms with Gasteiger partial charge < -0.3 is 10.6 Å². The Morgan fingerprint density at radius 2 is 2.19 bits per heavy atom. The fraction of sp³-hybridized carbons (Fsp3) is 0.571. The largest absolute Gasteiger partial charge is 0.384 e. The van der Waals surface area contributed by atoms with E-state index in [1.165, 1.54) is 17.7 Å². The number of rotatable bonds is 4. The molecular weight excluding hydrogens is 196 g/mol. The van der Waals surface area contributed by atoms with Crippen molar-refractivity contribution in [2.75, 3.05) is 25.5 Å². The minimum Gasteiger partial charge on any atom is -0.384 e. The minimum absolute atomic E-state index is 0.264. The van der Waals surface area contributed by atoms with Gasteiger partial charge in [0.25, 0.3) is 0 Å². The van der Waals surface area contributed by atoms with Crippen molar-refractivity contribution in [3.8, 4) is 0 Å². The molecular formula is C14H22N2. The first-order chi connectivity index (χ1) is 7.74. The van der Waals surface area contributed by atoms with Gasteiger partial charge in [-0.25, -0.2) is 0 Å². The highest BCUT2D eigenvalue weighted by molar-refractivity contribution is 5.60. The first-order valence-electron chi connectivity index (χ1n) is 6.22. The quantitative estimate of drug-likeness (QED) is 0.812. The Bertz CT molecular complexity index is 358. The summed E-state index contributed by atoms with van der Waals surface area (Å²) in [5.74, 6) is 0.691. The third kappa shape index (κ3) is 1.61. The van der Waals surface area contributed by atoms with E-state index in [1.54, 1.807) is 0 Å². The SMILES string of the molecule is CC[C@H](C)C1(CNC)CNc2ccccc21. The second-order valence-corrected chi connectivity index (χ2v) is 4.89. The number of fused-ring (bicyclic) bond motifs is 1. The van der Waals surface area contributed by atoms with Gasteiger partial charge in [-0.3, -0.25) is 0 Å². The van der Waals surface area contributed by atoms with Crippen molar-refractivity contribution in [2.45, 2.75) is 25.7 Å². The number of hydrogen-bond acceptors (Lipinski definition) is 2. The van der Waals surface area contributed by atoms with Gasteiger partial charge in [0.2, 0.25) is 0 Å². The van der Waals surface area contributed by atoms with Crippen molar-refractivity contribution in [1.82, 2.24) is 5.32 Å². The molecule has 1 unspecified atom stereocenters. The summed E-state index contributed by atoms with van der Waals surface area (Å²) in [5.41, 5.74) is 3.07. The van der Waals surface area contributed by atoms with Gasteiger partial charge in [-0.15, -0.1) is 0 Å². The summed E-state index contributed by atoms with van der Waals surface area (Å²) >= 11 is 0. The zero-order valence-electron chi connectivity index (χ0n) is 10.5. The predicted octanol–water partition coefficient (Wildman–Crippen LogP) is 2.62. The maximum atomic E-state index is 3.55. The molecule has 2 N–H and O–H groups in total. The summed E-state index contributed by atoms with van der Waals surface area (Å²) in [5, 5.41) is 6.92. The van der Waals surface area contributed by atoms with Crippen LogP contribution in [0.15, 0.2) is 24.3 Å². The zero-order valence-corrected chi connectivity index (χ0v) is 10.5. The molecule has 1 heterocycles. The lowest BCUT2D eigenvalue weighted by Crippen LogP contribution is -2.44. The molecule has 0 aliphatic carbocycles. The summed E-state index contributed by atoms with van der Waals surface area (Å²) in [6, 6.07) is 8.73. The highest BCUT2D eigenvalue weighted by Crippen LogP contribution is 2.42. The molecule has 2 heteroatoms. The van der Waals surface area contributed by atoms with Gasteiger partial charge in [-0.2, -0.15) is 0 Å². The fourth-order valence-corrected chi connectivity index (χ4v) is 2.90. The van der Waals surface area contributed by atoms with Crippen LogP contribution in [0.1, 0.15) is 25.8 Å². The van der Waals surface area contributed by atoms with Crippen molar-refractivity contribution in [3.05, 3.63) is 29.8 Å². The van der Waals surface area contributed by atoms with Gasteiger partial charge >= 0.3 is 0 Å². The van der Waals surface area contributed by atoms with Crippen LogP contribution in [0.2, 0.25) is 0 Å². The van der Waals surface area contributed by atoms with E-state index >= 15 is 0 Å². The van der Waals surface area contributed by atoms with Crippen molar-refractivity contribution in [3.63, 3.8) is 0 Å². The van der Waals surface area contributed by atoms with E-state index in [4.69, 9.17) is 0 Å². The average molecular weight is 218 g/mol. The van der Waals surface area contributed by atoms with Gasteiger partial charge in [0, 0.05) is 24.2 Å². The maximum absolute atomic E-state index is 3.55. The van der Waals surface area contributed by atoms with Gasteiger partial charge in [0.05, 0.1) is 0 Å². The molecule has 2 rings (SSSR count). The number of likely N-dealkylation sites (N-methyl/N-ethyl adjacent to an activating group) is 1. The summed E-state index contributed by atoms with van der Waals surface area (Å²) in [6.45, 7) is 6.75. The Morgan fingerprint density at radius 1 is 1.44 bits per heavy atom. The molecule has 0 saturated carbocycles. The molecule has 0 fully saturated rings. The van der Waals surface area contributed by atoms with E-state index in [2.05, 4.69) is 48.7 Å². The highest BCUT2D eigenvalue weighted by Gasteiger charge is 2.41. The van der Waals surface area contributed by atoms with Gasteiger partial charge in [0.15, 0.2) is 0 Å². The van der Waals surface area contributed by atoms with E-state index in [0.717, 1.165) is 13.1 Å². The van der Waals surface area contributed by atoms with Crippen LogP contribution in [-0.2, 0) is 5.41 Å². The van der Waals surface area contributed by atoms with Crippen LogP contribution in [-0.4, -0.2) is 20.1 Å². The number of hydrogen-bond donors (Lipinski definition) is 2. The second kappa shape index (κ2) is 4.46. The van der Waals surface area contributed by atoms with E-state index in [0.29, 0.717) is 5.92 Å². The Balaban J connectivity index is 2.42. The van der Waals surface area contributed by atoms with Crippen LogP contribution in [0.25, 0.3) is 0 Å². The third-order valence-corrected chi connectivity index (χ3v) is 4.11. The summed E-state index contributed by atoms with van der Waals surface area (Å²) in [6.07, 6.45) is 1.22. The average Bonchev–Trinajstić information content (AvgIpc) is 2.69. The first-order valence-corrected chi connectivity index (χ1v) is 6.22. The zero-order chi connectivity index (χ0) is 11.6. The molecule has 0 radical (unpaired) electrons.